The lowest BCUT2D eigenvalue weighted by molar-refractivity contribution is 0.0699. The van der Waals surface area contributed by atoms with Crippen molar-refractivity contribution in [1.29, 1.82) is 0 Å². The molecule has 0 spiro atoms. The molecule has 1 aliphatic heterocycles. The summed E-state index contributed by atoms with van der Waals surface area (Å²) < 4.78 is 69.9. The van der Waals surface area contributed by atoms with Crippen LogP contribution in [0.5, 0.6) is 0 Å². The second-order valence-corrected chi connectivity index (χ2v) is 72.8. The van der Waals surface area contributed by atoms with E-state index >= 15 is 0 Å². The fourth-order valence-corrected chi connectivity index (χ4v) is 36.4. The van der Waals surface area contributed by atoms with Crippen molar-refractivity contribution in [2.45, 2.75) is 264 Å². The van der Waals surface area contributed by atoms with Crippen molar-refractivity contribution in [2.75, 3.05) is 92.3 Å². The summed E-state index contributed by atoms with van der Waals surface area (Å²) in [7, 11) is -16.3. The minimum absolute atomic E-state index is 0. The zero-order valence-electron chi connectivity index (χ0n) is 57.7. The molecule has 1 rings (SSSR count). The van der Waals surface area contributed by atoms with Crippen molar-refractivity contribution in [3.8, 4) is 0 Å². The third kappa shape index (κ3) is 52.2. The van der Waals surface area contributed by atoms with Crippen LogP contribution in [0.1, 0.15) is 116 Å². The van der Waals surface area contributed by atoms with Gasteiger partial charge in [0.2, 0.25) is 0 Å². The third-order valence-electron chi connectivity index (χ3n) is 10.9. The van der Waals surface area contributed by atoms with Crippen LogP contribution in [0.4, 0.5) is 0 Å². The first-order valence-electron chi connectivity index (χ1n) is 30.8. The van der Waals surface area contributed by atoms with E-state index in [-0.39, 0.29) is 7.43 Å². The normalized spacial score (nSPS) is 14.5. The van der Waals surface area contributed by atoms with Crippen molar-refractivity contribution in [2.24, 2.45) is 5.73 Å². The highest BCUT2D eigenvalue weighted by atomic mass is 35.6. The molecule has 14 nitrogen and oxygen atoms in total. The van der Waals surface area contributed by atoms with Gasteiger partial charge in [0.1, 0.15) is 39.5 Å². The van der Waals surface area contributed by atoms with E-state index in [1.807, 2.05) is 62.3 Å². The monoisotopic (exact) mass is 1360 g/mol. The molecular formula is C54H141Cl2N3O11Si10. The van der Waals surface area contributed by atoms with Crippen molar-refractivity contribution in [3.05, 3.63) is 0 Å². The van der Waals surface area contributed by atoms with Gasteiger partial charge in [-0.3, -0.25) is 0 Å². The second kappa shape index (κ2) is 49.0. The molecule has 80 heavy (non-hydrogen) atoms. The van der Waals surface area contributed by atoms with Gasteiger partial charge in [-0.25, -0.2) is 0 Å². The zero-order valence-corrected chi connectivity index (χ0v) is 69.2. The maximum absolute atomic E-state index is 6.05. The Labute approximate surface area is 520 Å². The first-order valence-corrected chi connectivity index (χ1v) is 61.6. The zero-order chi connectivity index (χ0) is 62.9. The van der Waals surface area contributed by atoms with Gasteiger partial charge in [0, 0.05) is 105 Å². The number of nitrogens with two attached hydrogens (primary N) is 1. The largest absolute Gasteiger partial charge is 0.500 e. The van der Waals surface area contributed by atoms with E-state index in [4.69, 9.17) is 76.6 Å². The number of halogens is 2. The Morgan fingerprint density at radius 2 is 0.675 bits per heavy atom. The van der Waals surface area contributed by atoms with Crippen molar-refractivity contribution in [1.82, 2.24) is 8.46 Å². The lowest BCUT2D eigenvalue weighted by Gasteiger charge is -2.44. The molecule has 492 valence electrons. The van der Waals surface area contributed by atoms with Crippen LogP contribution in [0.2, 0.25) is 148 Å². The highest BCUT2D eigenvalue weighted by Crippen LogP contribution is 2.33. The first kappa shape index (κ1) is 93.3. The van der Waals surface area contributed by atoms with E-state index < -0.39 is 82.7 Å². The van der Waals surface area contributed by atoms with Crippen molar-refractivity contribution >= 4 is 105 Å². The Morgan fingerprint density at radius 3 is 0.900 bits per heavy atom. The van der Waals surface area contributed by atoms with Crippen LogP contribution in [-0.2, 0) is 48.7 Å². The quantitative estimate of drug-likeness (QED) is 0.0359. The summed E-state index contributed by atoms with van der Waals surface area (Å²) in [4.78, 5) is 0. The number of hydrogen-bond donors (Lipinski definition) is 1. The Kier molecular flexibility index (Phi) is 57.2. The van der Waals surface area contributed by atoms with Crippen LogP contribution < -0.4 is 5.73 Å². The molecule has 0 aliphatic carbocycles. The average Bonchev–Trinajstić information content (AvgIpc) is 3.70. The van der Waals surface area contributed by atoms with E-state index in [9.17, 15) is 0 Å². The minimum Gasteiger partial charge on any atom is -0.383 e. The standard InChI is InChI=1S/C15H39NO3Si3.C13H32O3Si2.C10H25NO2Si2.C9H23NO3Si.2C3H9ClSi.CH4/c1-10-17-22(18-11-2,19-12-3)15-13-14-16(20(4,5)6)21(7,8)9;1-7-14-18(15-8-2,16-9-3)13-11-10-12-17(4,5)6;1-6-12-15(13-7-2)10-8-9-11(15)14(3,4)5;1-4-11-14(12-5-2,13-6-3)9-7-8-10;2*1-5(2,3)4;/h10-15H2,1-9H3;7-13H2,1-6H3;6-10H2,1-5H3;4-10H2,1-3H3;2*1-3H3;1H4. The van der Waals surface area contributed by atoms with Gasteiger partial charge in [-0.1, -0.05) is 138 Å². The average molecular weight is 1360 g/mol. The predicted octanol–water partition coefficient (Wildman–Crippen LogP) is 17.2. The molecule has 0 unspecified atom stereocenters. The molecule has 0 atom stereocenters. The molecule has 0 aromatic rings. The van der Waals surface area contributed by atoms with E-state index in [1.54, 1.807) is 0 Å². The van der Waals surface area contributed by atoms with Crippen molar-refractivity contribution < 1.29 is 48.7 Å². The summed E-state index contributed by atoms with van der Waals surface area (Å²) in [6.07, 6.45) is 5.68. The van der Waals surface area contributed by atoms with E-state index in [0.717, 1.165) is 63.2 Å². The van der Waals surface area contributed by atoms with Crippen LogP contribution in [0.15, 0.2) is 0 Å². The third-order valence-corrected chi connectivity index (χ3v) is 38.4. The number of rotatable bonds is 37. The molecule has 26 heteroatoms. The molecule has 0 aromatic carbocycles. The number of unbranched alkanes of at least 4 members (excludes halogenated alkanes) is 1. The van der Waals surface area contributed by atoms with E-state index in [0.29, 0.717) is 66.0 Å². The highest BCUT2D eigenvalue weighted by molar-refractivity contribution is 7.18. The Bertz CT molecular complexity index is 1300. The van der Waals surface area contributed by atoms with Crippen molar-refractivity contribution in [3.63, 3.8) is 0 Å². The predicted molar refractivity (Wildman–Crippen MR) is 379 cm³/mol. The minimum atomic E-state index is -2.48. The van der Waals surface area contributed by atoms with E-state index in [2.05, 4.69) is 140 Å². The summed E-state index contributed by atoms with van der Waals surface area (Å²) >= 11 is 11.3. The fourth-order valence-electron chi connectivity index (χ4n) is 8.86. The Hall–Kier alpha value is 2.19. The van der Waals surface area contributed by atoms with Crippen LogP contribution >= 0.6 is 22.2 Å². The summed E-state index contributed by atoms with van der Waals surface area (Å²) in [6.45, 7) is 74.3. The fraction of sp³-hybridized carbons (Fsp3) is 1.00. The van der Waals surface area contributed by atoms with Crippen LogP contribution in [0.3, 0.4) is 0 Å². The second-order valence-electron chi connectivity index (χ2n) is 25.3. The van der Waals surface area contributed by atoms with Crippen LogP contribution in [0, 0.1) is 0 Å². The maximum Gasteiger partial charge on any atom is 0.500 e. The molecule has 0 radical (unpaired) electrons. The van der Waals surface area contributed by atoms with Gasteiger partial charge in [-0.2, -0.15) is 22.2 Å². The number of nitrogens with zero attached hydrogens (tertiary/aromatic N) is 2. The summed E-state index contributed by atoms with van der Waals surface area (Å²) in [6, 6.07) is 5.24. The lowest BCUT2D eigenvalue weighted by atomic mass is 10.4. The molecule has 0 bridgehead atoms. The van der Waals surface area contributed by atoms with Crippen LogP contribution in [0.25, 0.3) is 0 Å². The molecule has 2 N–H and O–H groups in total. The first-order chi connectivity index (χ1) is 36.1. The van der Waals surface area contributed by atoms with Gasteiger partial charge in [-0.05, 0) is 121 Å². The Balaban J connectivity index is -0.000000217. The highest BCUT2D eigenvalue weighted by Gasteiger charge is 2.53. The molecule has 1 saturated heterocycles. The molecule has 1 fully saturated rings. The molecule has 0 saturated carbocycles. The Morgan fingerprint density at radius 1 is 0.412 bits per heavy atom. The van der Waals surface area contributed by atoms with Crippen LogP contribution in [-0.4, -0.2) is 183 Å². The van der Waals surface area contributed by atoms with E-state index in [1.165, 1.54) is 25.4 Å². The molecule has 0 aromatic heterocycles. The van der Waals surface area contributed by atoms with Gasteiger partial charge in [0.15, 0.2) is 0 Å². The summed E-state index contributed by atoms with van der Waals surface area (Å²) in [5, 5.41) is 0. The smallest absolute Gasteiger partial charge is 0.383 e. The lowest BCUT2D eigenvalue weighted by Crippen LogP contribution is -2.63. The molecule has 1 aliphatic rings. The topological polar surface area (TPSA) is 134 Å². The van der Waals surface area contributed by atoms with Gasteiger partial charge in [-0.15, -0.1) is 0 Å². The maximum atomic E-state index is 6.05. The van der Waals surface area contributed by atoms with Gasteiger partial charge >= 0.3 is 35.1 Å². The van der Waals surface area contributed by atoms with Gasteiger partial charge in [0.25, 0.3) is 0 Å². The van der Waals surface area contributed by atoms with Gasteiger partial charge in [0.05, 0.1) is 0 Å². The number of hydrogen-bond acceptors (Lipinski definition) is 14. The molecular weight excluding hydrogens is 1220 g/mol. The summed E-state index contributed by atoms with van der Waals surface area (Å²) in [5.74, 6) is 0. The van der Waals surface area contributed by atoms with Gasteiger partial charge < -0.3 is 62.9 Å². The summed E-state index contributed by atoms with van der Waals surface area (Å²) in [5.41, 5.74) is 5.48. The molecule has 0 amide bonds. The molecule has 1 heterocycles. The SMILES string of the molecule is C.CCO[Si](CCCC[Si](C)(C)C)(OCC)OCC.CCO[Si](CCCN([Si](C)(C)C)[Si](C)(C)C)(OCC)OCC.CCO[Si](CCCN)(OCC)OCC.CCO[Si]1(OCC)CCCN1[Si](C)(C)C.C[Si](C)(C)Cl.C[Si](C)(C)Cl.